The lowest BCUT2D eigenvalue weighted by molar-refractivity contribution is 0.378. The second-order valence-corrected chi connectivity index (χ2v) is 8.98. The Morgan fingerprint density at radius 2 is 2.00 bits per heavy atom. The number of nitrogens with zero attached hydrogens (tertiary/aromatic N) is 4. The fourth-order valence-electron chi connectivity index (χ4n) is 3.71. The van der Waals surface area contributed by atoms with Crippen molar-refractivity contribution in [2.24, 2.45) is 11.8 Å². The summed E-state index contributed by atoms with van der Waals surface area (Å²) in [5.41, 5.74) is 0.533. The molecule has 2 aliphatic rings. The first kappa shape index (κ1) is 17.2. The van der Waals surface area contributed by atoms with Crippen LogP contribution >= 0.6 is 0 Å². The molecule has 2 fully saturated rings. The first-order chi connectivity index (χ1) is 11.5. The lowest BCUT2D eigenvalue weighted by Crippen LogP contribution is -2.50. The molecule has 1 saturated carbocycles. The molecule has 1 aromatic rings. The Morgan fingerprint density at radius 3 is 2.54 bits per heavy atom. The summed E-state index contributed by atoms with van der Waals surface area (Å²) >= 11 is 0. The van der Waals surface area contributed by atoms with E-state index in [-0.39, 0.29) is 0 Å². The molecular weight excluding hydrogens is 324 g/mol. The zero-order chi connectivity index (χ0) is 17.2. The average Bonchev–Trinajstić information content (AvgIpc) is 2.99. The number of piperazine rings is 1. The summed E-state index contributed by atoms with van der Waals surface area (Å²) < 4.78 is 26.9. The van der Waals surface area contributed by atoms with Gasteiger partial charge in [-0.15, -0.1) is 0 Å². The molecule has 0 amide bonds. The highest BCUT2D eigenvalue weighted by Crippen LogP contribution is 2.32. The van der Waals surface area contributed by atoms with Gasteiger partial charge in [0.2, 0.25) is 10.0 Å². The minimum absolute atomic E-state index is 0.298. The molecule has 2 atom stereocenters. The molecule has 1 aromatic heterocycles. The lowest BCUT2D eigenvalue weighted by atomic mass is 10.1. The quantitative estimate of drug-likeness (QED) is 0.830. The maximum Gasteiger partial charge on any atom is 0.214 e. The van der Waals surface area contributed by atoms with Crippen molar-refractivity contribution >= 4 is 15.8 Å². The number of rotatable bonds is 4. The second-order valence-electron chi connectivity index (χ2n) is 6.97. The number of sulfonamides is 1. The van der Waals surface area contributed by atoms with E-state index in [2.05, 4.69) is 22.9 Å². The summed E-state index contributed by atoms with van der Waals surface area (Å²) in [5, 5.41) is 8.82. The van der Waals surface area contributed by atoms with E-state index < -0.39 is 10.0 Å². The van der Waals surface area contributed by atoms with Crippen LogP contribution in [0.5, 0.6) is 0 Å². The molecule has 3 rings (SSSR count). The molecule has 2 heterocycles. The van der Waals surface area contributed by atoms with Crippen LogP contribution in [0.3, 0.4) is 0 Å². The summed E-state index contributed by atoms with van der Waals surface area (Å²) in [4.78, 5) is 6.36. The predicted octanol–water partition coefficient (Wildman–Crippen LogP) is 1.84. The average molecular weight is 348 g/mol. The molecule has 2 unspecified atom stereocenters. The molecule has 1 saturated heterocycles. The van der Waals surface area contributed by atoms with E-state index in [4.69, 9.17) is 5.26 Å². The topological polar surface area (TPSA) is 77.3 Å². The van der Waals surface area contributed by atoms with Gasteiger partial charge in [-0.2, -0.15) is 9.57 Å². The molecule has 0 spiro atoms. The maximum atomic E-state index is 12.6. The molecule has 7 heteroatoms. The third kappa shape index (κ3) is 3.87. The number of nitriles is 1. The van der Waals surface area contributed by atoms with Gasteiger partial charge in [0.05, 0.1) is 11.3 Å². The molecule has 0 bridgehead atoms. The van der Waals surface area contributed by atoms with Crippen LogP contribution < -0.4 is 4.90 Å². The largest absolute Gasteiger partial charge is 0.354 e. The van der Waals surface area contributed by atoms with E-state index in [0.717, 1.165) is 25.1 Å². The first-order valence-corrected chi connectivity index (χ1v) is 10.2. The van der Waals surface area contributed by atoms with Crippen LogP contribution in [-0.4, -0.2) is 49.6 Å². The Kier molecular flexibility index (Phi) is 5.07. The molecule has 6 nitrogen and oxygen atoms in total. The monoisotopic (exact) mass is 348 g/mol. The summed E-state index contributed by atoms with van der Waals surface area (Å²) in [6.45, 7) is 4.49. The van der Waals surface area contributed by atoms with Crippen LogP contribution in [0.15, 0.2) is 18.3 Å². The molecule has 0 radical (unpaired) electrons. The van der Waals surface area contributed by atoms with E-state index in [1.807, 2.05) is 6.07 Å². The standard InChI is InChI=1S/C17H24N4O2S/c1-14-2-3-15(10-14)13-24(22,23)21-8-6-20(7-9-21)17-5-4-16(11-18)12-19-17/h4-5,12,14-15H,2-3,6-10,13H2,1H3. The van der Waals surface area contributed by atoms with Crippen molar-refractivity contribution in [3.05, 3.63) is 23.9 Å². The van der Waals surface area contributed by atoms with Crippen LogP contribution in [0.1, 0.15) is 31.7 Å². The van der Waals surface area contributed by atoms with Crippen molar-refractivity contribution in [2.45, 2.75) is 26.2 Å². The van der Waals surface area contributed by atoms with Crippen molar-refractivity contribution in [1.29, 1.82) is 5.26 Å². The Bertz CT molecular complexity index is 703. The van der Waals surface area contributed by atoms with Gasteiger partial charge in [-0.25, -0.2) is 13.4 Å². The fourth-order valence-corrected chi connectivity index (χ4v) is 5.54. The van der Waals surface area contributed by atoms with Crippen LogP contribution in [0.4, 0.5) is 5.82 Å². The Labute approximate surface area is 144 Å². The third-order valence-electron chi connectivity index (χ3n) is 5.08. The van der Waals surface area contributed by atoms with Crippen molar-refractivity contribution in [3.63, 3.8) is 0 Å². The molecule has 0 N–H and O–H groups in total. The third-order valence-corrected chi connectivity index (χ3v) is 7.13. The van der Waals surface area contributed by atoms with Gasteiger partial charge in [-0.05, 0) is 36.8 Å². The highest BCUT2D eigenvalue weighted by atomic mass is 32.2. The van der Waals surface area contributed by atoms with Gasteiger partial charge < -0.3 is 4.90 Å². The normalized spacial score (nSPS) is 25.6. The van der Waals surface area contributed by atoms with Crippen LogP contribution in [0, 0.1) is 23.2 Å². The summed E-state index contributed by atoms with van der Waals surface area (Å²) in [6.07, 6.45) is 4.78. The lowest BCUT2D eigenvalue weighted by Gasteiger charge is -2.35. The minimum Gasteiger partial charge on any atom is -0.354 e. The van der Waals surface area contributed by atoms with Crippen molar-refractivity contribution < 1.29 is 8.42 Å². The van der Waals surface area contributed by atoms with Gasteiger partial charge in [-0.3, -0.25) is 0 Å². The molecule has 1 aliphatic heterocycles. The number of hydrogen-bond donors (Lipinski definition) is 0. The van der Waals surface area contributed by atoms with E-state index in [1.54, 1.807) is 16.6 Å². The number of hydrogen-bond acceptors (Lipinski definition) is 5. The Hall–Kier alpha value is -1.65. The molecular formula is C17H24N4O2S. The first-order valence-electron chi connectivity index (χ1n) is 8.57. The Balaban J connectivity index is 1.56. The van der Waals surface area contributed by atoms with Crippen LogP contribution in [-0.2, 0) is 10.0 Å². The van der Waals surface area contributed by atoms with Crippen molar-refractivity contribution in [1.82, 2.24) is 9.29 Å². The van der Waals surface area contributed by atoms with Crippen molar-refractivity contribution in [2.75, 3.05) is 36.8 Å². The number of aromatic nitrogens is 1. The molecule has 130 valence electrons. The van der Waals surface area contributed by atoms with E-state index in [9.17, 15) is 8.42 Å². The van der Waals surface area contributed by atoms with Crippen LogP contribution in [0.2, 0.25) is 0 Å². The van der Waals surface area contributed by atoms with Gasteiger partial charge >= 0.3 is 0 Å². The van der Waals surface area contributed by atoms with Gasteiger partial charge in [0.25, 0.3) is 0 Å². The second kappa shape index (κ2) is 7.08. The van der Waals surface area contributed by atoms with E-state index in [0.29, 0.717) is 49.3 Å². The summed E-state index contributed by atoms with van der Waals surface area (Å²) in [7, 11) is -3.16. The summed E-state index contributed by atoms with van der Waals surface area (Å²) in [5.74, 6) is 2.08. The van der Waals surface area contributed by atoms with Gasteiger partial charge in [-0.1, -0.05) is 13.3 Å². The van der Waals surface area contributed by atoms with E-state index in [1.165, 1.54) is 0 Å². The SMILES string of the molecule is CC1CCC(CS(=O)(=O)N2CCN(c3ccc(C#N)cn3)CC2)C1. The smallest absolute Gasteiger partial charge is 0.214 e. The van der Waals surface area contributed by atoms with Gasteiger partial charge in [0, 0.05) is 32.4 Å². The van der Waals surface area contributed by atoms with E-state index >= 15 is 0 Å². The minimum atomic E-state index is -3.16. The molecule has 1 aliphatic carbocycles. The number of pyridine rings is 1. The van der Waals surface area contributed by atoms with Crippen LogP contribution in [0.25, 0.3) is 0 Å². The van der Waals surface area contributed by atoms with Crippen molar-refractivity contribution in [3.8, 4) is 6.07 Å². The number of anilines is 1. The predicted molar refractivity (Wildman–Crippen MR) is 93.0 cm³/mol. The molecule has 24 heavy (non-hydrogen) atoms. The molecule has 0 aromatic carbocycles. The fraction of sp³-hybridized carbons (Fsp3) is 0.647. The van der Waals surface area contributed by atoms with Gasteiger partial charge in [0.15, 0.2) is 0 Å². The zero-order valence-corrected chi connectivity index (χ0v) is 14.9. The highest BCUT2D eigenvalue weighted by molar-refractivity contribution is 7.89. The zero-order valence-electron chi connectivity index (χ0n) is 14.1. The summed E-state index contributed by atoms with van der Waals surface area (Å²) in [6, 6.07) is 5.62. The highest BCUT2D eigenvalue weighted by Gasteiger charge is 2.32. The Morgan fingerprint density at radius 1 is 1.25 bits per heavy atom. The maximum absolute atomic E-state index is 12.6. The van der Waals surface area contributed by atoms with Gasteiger partial charge in [0.1, 0.15) is 11.9 Å².